The highest BCUT2D eigenvalue weighted by Gasteiger charge is 2.33. The highest BCUT2D eigenvalue weighted by atomic mass is 32.2. The van der Waals surface area contributed by atoms with E-state index in [9.17, 15) is 26.8 Å². The van der Waals surface area contributed by atoms with Crippen LogP contribution < -0.4 is 9.62 Å². The molecule has 0 saturated carbocycles. The average Bonchev–Trinajstić information content (AvgIpc) is 2.91. The highest BCUT2D eigenvalue weighted by Crippen LogP contribution is 2.23. The van der Waals surface area contributed by atoms with Gasteiger partial charge in [0.15, 0.2) is 11.6 Å². The number of rotatable bonds is 13. The number of hydrogen-bond acceptors (Lipinski definition) is 4. The Hall–Kier alpha value is -3.79. The number of anilines is 1. The summed E-state index contributed by atoms with van der Waals surface area (Å²) in [6.07, 6.45) is 2.70. The van der Waals surface area contributed by atoms with E-state index in [1.807, 2.05) is 68.4 Å². The number of carbonyl (C=O) groups is 2. The number of amides is 2. The molecule has 0 spiro atoms. The zero-order valence-corrected chi connectivity index (χ0v) is 23.8. The summed E-state index contributed by atoms with van der Waals surface area (Å²) in [4.78, 5) is 28.9. The Labute approximate surface area is 234 Å². The van der Waals surface area contributed by atoms with Gasteiger partial charge in [-0.1, -0.05) is 67.9 Å². The van der Waals surface area contributed by atoms with E-state index < -0.39 is 40.2 Å². The van der Waals surface area contributed by atoms with Gasteiger partial charge in [0.2, 0.25) is 21.8 Å². The normalized spacial score (nSPS) is 12.0. The van der Waals surface area contributed by atoms with Crippen molar-refractivity contribution in [3.8, 4) is 0 Å². The van der Waals surface area contributed by atoms with Gasteiger partial charge in [0.1, 0.15) is 12.6 Å². The molecule has 7 nitrogen and oxygen atoms in total. The van der Waals surface area contributed by atoms with Crippen LogP contribution in [-0.4, -0.2) is 50.5 Å². The monoisotopic (exact) mass is 571 g/mol. The highest BCUT2D eigenvalue weighted by molar-refractivity contribution is 7.92. The quantitative estimate of drug-likeness (QED) is 0.304. The Morgan fingerprint density at radius 2 is 1.62 bits per heavy atom. The summed E-state index contributed by atoms with van der Waals surface area (Å²) in [5.41, 5.74) is 2.30. The van der Waals surface area contributed by atoms with Crippen molar-refractivity contribution in [2.45, 2.75) is 45.7 Å². The Kier molecular flexibility index (Phi) is 10.8. The molecule has 0 aliphatic heterocycles. The Morgan fingerprint density at radius 3 is 2.25 bits per heavy atom. The first-order valence-electron chi connectivity index (χ1n) is 13.1. The minimum absolute atomic E-state index is 0.0413. The van der Waals surface area contributed by atoms with Crippen LogP contribution in [0.3, 0.4) is 0 Å². The van der Waals surface area contributed by atoms with Crippen LogP contribution in [0, 0.1) is 18.6 Å². The number of nitrogens with zero attached hydrogens (tertiary/aromatic N) is 2. The first-order chi connectivity index (χ1) is 19.0. The lowest BCUT2D eigenvalue weighted by Crippen LogP contribution is -2.53. The molecule has 1 atom stereocenters. The van der Waals surface area contributed by atoms with Gasteiger partial charge >= 0.3 is 0 Å². The largest absolute Gasteiger partial charge is 0.354 e. The van der Waals surface area contributed by atoms with Crippen molar-refractivity contribution >= 4 is 27.5 Å². The van der Waals surface area contributed by atoms with Gasteiger partial charge in [0.25, 0.3) is 0 Å². The van der Waals surface area contributed by atoms with Crippen LogP contribution in [0.5, 0.6) is 0 Å². The van der Waals surface area contributed by atoms with Crippen LogP contribution in [0.1, 0.15) is 36.5 Å². The third-order valence-corrected chi connectivity index (χ3v) is 7.71. The second-order valence-corrected chi connectivity index (χ2v) is 11.6. The van der Waals surface area contributed by atoms with Crippen molar-refractivity contribution in [1.29, 1.82) is 0 Å². The Bertz CT molecular complexity index is 1420. The van der Waals surface area contributed by atoms with Crippen molar-refractivity contribution in [3.63, 3.8) is 0 Å². The van der Waals surface area contributed by atoms with Crippen molar-refractivity contribution < 1.29 is 26.8 Å². The molecule has 3 rings (SSSR count). The van der Waals surface area contributed by atoms with Crippen LogP contribution in [-0.2, 0) is 32.6 Å². The standard InChI is InChI=1S/C30H35F2N3O4S/c1-4-5-17-33-30(37)28(18-23-12-7-6-8-13-23)34(20-24-14-10-9-11-22(24)2)29(36)21-35(40(3,38)39)25-15-16-26(31)27(32)19-25/h6-16,19,28H,4-5,17-18,20-21H2,1-3H3,(H,33,37)/t28-/m1/s1. The molecule has 0 aliphatic carbocycles. The van der Waals surface area contributed by atoms with Crippen LogP contribution in [0.4, 0.5) is 14.5 Å². The molecule has 0 fully saturated rings. The van der Waals surface area contributed by atoms with Crippen LogP contribution in [0.25, 0.3) is 0 Å². The van der Waals surface area contributed by atoms with Crippen LogP contribution in [0.2, 0.25) is 0 Å². The molecule has 0 bridgehead atoms. The first-order valence-corrected chi connectivity index (χ1v) is 14.9. The zero-order chi connectivity index (χ0) is 29.3. The predicted octanol–water partition coefficient (Wildman–Crippen LogP) is 4.60. The average molecular weight is 572 g/mol. The smallest absolute Gasteiger partial charge is 0.244 e. The molecule has 3 aromatic carbocycles. The van der Waals surface area contributed by atoms with Gasteiger partial charge < -0.3 is 10.2 Å². The molecule has 0 aliphatic rings. The third-order valence-electron chi connectivity index (χ3n) is 6.57. The maximum Gasteiger partial charge on any atom is 0.244 e. The molecule has 0 aromatic heterocycles. The second kappa shape index (κ2) is 14.0. The molecular weight excluding hydrogens is 536 g/mol. The van der Waals surface area contributed by atoms with E-state index in [2.05, 4.69) is 5.32 Å². The zero-order valence-electron chi connectivity index (χ0n) is 22.9. The number of unbranched alkanes of at least 4 members (excludes halogenated alkanes) is 1. The summed E-state index contributed by atoms with van der Waals surface area (Å²) in [7, 11) is -4.08. The van der Waals surface area contributed by atoms with Crippen molar-refractivity contribution in [1.82, 2.24) is 10.2 Å². The molecular formula is C30H35F2N3O4S. The number of aryl methyl sites for hydroxylation is 1. The molecule has 10 heteroatoms. The van der Waals surface area contributed by atoms with Gasteiger partial charge in [-0.05, 0) is 42.2 Å². The van der Waals surface area contributed by atoms with Crippen LogP contribution >= 0.6 is 0 Å². The van der Waals surface area contributed by atoms with E-state index in [0.717, 1.165) is 58.3 Å². The van der Waals surface area contributed by atoms with Crippen molar-refractivity contribution in [2.24, 2.45) is 0 Å². The lowest BCUT2D eigenvalue weighted by Gasteiger charge is -2.34. The summed E-state index contributed by atoms with van der Waals surface area (Å²) in [6.45, 7) is 3.65. The summed E-state index contributed by atoms with van der Waals surface area (Å²) in [6, 6.07) is 18.3. The number of sulfonamides is 1. The van der Waals surface area contributed by atoms with E-state index >= 15 is 0 Å². The van der Waals surface area contributed by atoms with Gasteiger partial charge in [0.05, 0.1) is 11.9 Å². The maximum absolute atomic E-state index is 14.0. The fraction of sp³-hybridized carbons (Fsp3) is 0.333. The van der Waals surface area contributed by atoms with Gasteiger partial charge in [-0.2, -0.15) is 0 Å². The van der Waals surface area contributed by atoms with Gasteiger partial charge in [-0.25, -0.2) is 17.2 Å². The predicted molar refractivity (Wildman–Crippen MR) is 152 cm³/mol. The molecule has 0 radical (unpaired) electrons. The number of nitrogens with one attached hydrogen (secondary N) is 1. The molecule has 3 aromatic rings. The fourth-order valence-electron chi connectivity index (χ4n) is 4.29. The molecule has 0 saturated heterocycles. The SMILES string of the molecule is CCCCNC(=O)[C@@H](Cc1ccccc1)N(Cc1ccccc1C)C(=O)CN(c1ccc(F)c(F)c1)S(C)(=O)=O. The van der Waals surface area contributed by atoms with E-state index in [0.29, 0.717) is 6.54 Å². The number of carbonyl (C=O) groups excluding carboxylic acids is 2. The van der Waals surface area contributed by atoms with Crippen molar-refractivity contribution in [3.05, 3.63) is 101 Å². The van der Waals surface area contributed by atoms with Crippen LogP contribution in [0.15, 0.2) is 72.8 Å². The third kappa shape index (κ3) is 8.35. The van der Waals surface area contributed by atoms with Gasteiger partial charge in [-0.3, -0.25) is 13.9 Å². The maximum atomic E-state index is 14.0. The first kappa shape index (κ1) is 30.7. The number of halogens is 2. The van der Waals surface area contributed by atoms with Gasteiger partial charge in [-0.15, -0.1) is 0 Å². The van der Waals surface area contributed by atoms with E-state index in [1.54, 1.807) is 0 Å². The van der Waals surface area contributed by atoms with E-state index in [1.165, 1.54) is 4.90 Å². The lowest BCUT2D eigenvalue weighted by atomic mass is 10.0. The lowest BCUT2D eigenvalue weighted by molar-refractivity contribution is -0.140. The topological polar surface area (TPSA) is 86.8 Å². The van der Waals surface area contributed by atoms with E-state index in [-0.39, 0.29) is 24.6 Å². The Balaban J connectivity index is 2.05. The summed E-state index contributed by atoms with van der Waals surface area (Å²) in [5, 5.41) is 2.91. The molecule has 214 valence electrons. The molecule has 0 heterocycles. The summed E-state index contributed by atoms with van der Waals surface area (Å²) >= 11 is 0. The summed E-state index contributed by atoms with van der Waals surface area (Å²) < 4.78 is 53.8. The second-order valence-electron chi connectivity index (χ2n) is 9.67. The van der Waals surface area contributed by atoms with Crippen molar-refractivity contribution in [2.75, 3.05) is 23.7 Å². The number of hydrogen-bond donors (Lipinski definition) is 1. The van der Waals surface area contributed by atoms with E-state index in [4.69, 9.17) is 0 Å². The minimum Gasteiger partial charge on any atom is -0.354 e. The molecule has 40 heavy (non-hydrogen) atoms. The molecule has 0 unspecified atom stereocenters. The summed E-state index contributed by atoms with van der Waals surface area (Å²) in [5.74, 6) is -3.41. The Morgan fingerprint density at radius 1 is 0.950 bits per heavy atom. The molecule has 2 amide bonds. The van der Waals surface area contributed by atoms with Gasteiger partial charge in [0, 0.05) is 25.6 Å². The fourth-order valence-corrected chi connectivity index (χ4v) is 5.13. The minimum atomic E-state index is -4.08. The molecule has 1 N–H and O–H groups in total. The number of benzene rings is 3.